The Bertz CT molecular complexity index is 898. The summed E-state index contributed by atoms with van der Waals surface area (Å²) in [6.07, 6.45) is 0. The smallest absolute Gasteiger partial charge is 0.253 e. The van der Waals surface area contributed by atoms with Crippen LogP contribution in [0.2, 0.25) is 0 Å². The number of aromatic nitrogens is 2. The zero-order chi connectivity index (χ0) is 18.5. The molecule has 3 aromatic rings. The Morgan fingerprint density at radius 1 is 0.885 bits per heavy atom. The number of aryl methyl sites for hydroxylation is 3. The second-order valence-electron chi connectivity index (χ2n) is 6.01. The fraction of sp³-hybridized carbons (Fsp3) is 0.150. The van der Waals surface area contributed by atoms with E-state index in [1.54, 1.807) is 0 Å². The van der Waals surface area contributed by atoms with Gasteiger partial charge in [-0.15, -0.1) is 0 Å². The third-order valence-corrected chi connectivity index (χ3v) is 3.57. The molecule has 0 unspecified atom stereocenters. The molecule has 132 valence electrons. The van der Waals surface area contributed by atoms with Crippen molar-refractivity contribution in [3.63, 3.8) is 0 Å². The van der Waals surface area contributed by atoms with Crippen molar-refractivity contribution in [1.29, 1.82) is 0 Å². The van der Waals surface area contributed by atoms with Gasteiger partial charge in [0.15, 0.2) is 0 Å². The Morgan fingerprint density at radius 3 is 2.00 bits per heavy atom. The third kappa shape index (κ3) is 4.80. The Labute approximate surface area is 152 Å². The fourth-order valence-corrected chi connectivity index (χ4v) is 2.39. The molecule has 0 aliphatic heterocycles. The van der Waals surface area contributed by atoms with E-state index in [9.17, 15) is 0 Å². The molecule has 0 aliphatic rings. The minimum atomic E-state index is 0.224. The lowest BCUT2D eigenvalue weighted by Gasteiger charge is -2.08. The predicted octanol–water partition coefficient (Wildman–Crippen LogP) is 4.25. The van der Waals surface area contributed by atoms with Gasteiger partial charge in [-0.25, -0.2) is 9.97 Å². The van der Waals surface area contributed by atoms with Gasteiger partial charge in [-0.05, 0) is 63.2 Å². The number of benzene rings is 2. The fourth-order valence-electron chi connectivity index (χ4n) is 2.39. The van der Waals surface area contributed by atoms with Crippen LogP contribution in [0.15, 0.2) is 59.6 Å². The van der Waals surface area contributed by atoms with Crippen molar-refractivity contribution in [2.75, 3.05) is 5.32 Å². The number of nitrogens with zero attached hydrogens (tertiary/aromatic N) is 3. The molecule has 6 heteroatoms. The van der Waals surface area contributed by atoms with Crippen molar-refractivity contribution in [3.8, 4) is 11.5 Å². The highest BCUT2D eigenvalue weighted by atomic mass is 16.5. The van der Waals surface area contributed by atoms with Crippen molar-refractivity contribution in [1.82, 2.24) is 9.97 Å². The van der Waals surface area contributed by atoms with Crippen LogP contribution in [-0.4, -0.2) is 15.9 Å². The number of aliphatic imine (C=N–C) groups is 1. The summed E-state index contributed by atoms with van der Waals surface area (Å²) in [5.74, 6) is 2.10. The van der Waals surface area contributed by atoms with Crippen LogP contribution in [0.4, 0.5) is 11.6 Å². The summed E-state index contributed by atoms with van der Waals surface area (Å²) in [4.78, 5) is 12.7. The Kier molecular flexibility index (Phi) is 5.12. The lowest BCUT2D eigenvalue weighted by Crippen LogP contribution is -2.22. The zero-order valence-corrected chi connectivity index (χ0v) is 15.0. The van der Waals surface area contributed by atoms with E-state index in [1.807, 2.05) is 75.4 Å². The molecule has 3 rings (SSSR count). The molecule has 2 aromatic carbocycles. The maximum absolute atomic E-state index is 5.94. The molecule has 0 aliphatic carbocycles. The number of hydrogen-bond donors (Lipinski definition) is 2. The molecule has 3 N–H and O–H groups in total. The summed E-state index contributed by atoms with van der Waals surface area (Å²) in [6, 6.07) is 17.3. The molecule has 0 amide bonds. The molecular weight excluding hydrogens is 326 g/mol. The Hall–Kier alpha value is -3.41. The van der Waals surface area contributed by atoms with E-state index < -0.39 is 0 Å². The van der Waals surface area contributed by atoms with E-state index >= 15 is 0 Å². The van der Waals surface area contributed by atoms with Crippen LogP contribution in [0.25, 0.3) is 0 Å². The van der Waals surface area contributed by atoms with Crippen LogP contribution in [0.3, 0.4) is 0 Å². The van der Waals surface area contributed by atoms with Gasteiger partial charge in [-0.1, -0.05) is 17.7 Å². The minimum Gasteiger partial charge on any atom is -0.457 e. The standard InChI is InChI=1S/C20H21N5O/c1-13-4-8-17(9-5-13)26-18-10-6-16(7-11-18)24-19(21)25-20-22-14(2)12-15(3)23-20/h4-12H,1-3H3,(H3,21,22,23,24,25). The van der Waals surface area contributed by atoms with Crippen LogP contribution in [0.1, 0.15) is 17.0 Å². The van der Waals surface area contributed by atoms with Gasteiger partial charge in [0.25, 0.3) is 5.95 Å². The highest BCUT2D eigenvalue weighted by molar-refractivity contribution is 5.93. The van der Waals surface area contributed by atoms with Crippen LogP contribution in [-0.2, 0) is 0 Å². The minimum absolute atomic E-state index is 0.224. The van der Waals surface area contributed by atoms with Gasteiger partial charge in [-0.2, -0.15) is 4.99 Å². The largest absolute Gasteiger partial charge is 0.457 e. The molecule has 26 heavy (non-hydrogen) atoms. The lowest BCUT2D eigenvalue weighted by atomic mass is 10.2. The number of nitrogens with one attached hydrogen (secondary N) is 1. The highest BCUT2D eigenvalue weighted by Gasteiger charge is 2.02. The van der Waals surface area contributed by atoms with Crippen molar-refractivity contribution >= 4 is 17.6 Å². The summed E-state index contributed by atoms with van der Waals surface area (Å²) < 4.78 is 5.81. The van der Waals surface area contributed by atoms with E-state index in [0.717, 1.165) is 28.6 Å². The monoisotopic (exact) mass is 347 g/mol. The first kappa shape index (κ1) is 17.4. The quantitative estimate of drug-likeness (QED) is 0.544. The van der Waals surface area contributed by atoms with Crippen LogP contribution >= 0.6 is 0 Å². The topological polar surface area (TPSA) is 85.4 Å². The second kappa shape index (κ2) is 7.65. The average Bonchev–Trinajstić information content (AvgIpc) is 2.57. The Balaban J connectivity index is 1.66. The number of anilines is 1. The summed E-state index contributed by atoms with van der Waals surface area (Å²) in [7, 11) is 0. The molecule has 0 radical (unpaired) electrons. The normalized spacial score (nSPS) is 11.3. The van der Waals surface area contributed by atoms with Gasteiger partial charge in [0.1, 0.15) is 11.5 Å². The molecule has 0 bridgehead atoms. The van der Waals surface area contributed by atoms with Gasteiger partial charge in [0, 0.05) is 17.1 Å². The first-order valence-electron chi connectivity index (χ1n) is 8.26. The van der Waals surface area contributed by atoms with E-state index in [1.165, 1.54) is 5.56 Å². The molecule has 6 nitrogen and oxygen atoms in total. The van der Waals surface area contributed by atoms with Crippen molar-refractivity contribution in [2.45, 2.75) is 20.8 Å². The summed E-state index contributed by atoms with van der Waals surface area (Å²) >= 11 is 0. The van der Waals surface area contributed by atoms with Gasteiger partial charge in [0.05, 0.1) is 0 Å². The summed E-state index contributed by atoms with van der Waals surface area (Å²) in [5, 5.41) is 3.02. The van der Waals surface area contributed by atoms with Gasteiger partial charge in [-0.3, -0.25) is 0 Å². The summed E-state index contributed by atoms with van der Waals surface area (Å²) in [5.41, 5.74) is 9.63. The number of hydrogen-bond acceptors (Lipinski definition) is 4. The van der Waals surface area contributed by atoms with E-state index in [0.29, 0.717) is 5.95 Å². The van der Waals surface area contributed by atoms with E-state index in [-0.39, 0.29) is 5.96 Å². The first-order valence-corrected chi connectivity index (χ1v) is 8.26. The second-order valence-corrected chi connectivity index (χ2v) is 6.01. The van der Waals surface area contributed by atoms with Crippen molar-refractivity contribution in [3.05, 3.63) is 71.5 Å². The predicted molar refractivity (Wildman–Crippen MR) is 104 cm³/mol. The molecule has 0 spiro atoms. The molecule has 0 saturated heterocycles. The zero-order valence-electron chi connectivity index (χ0n) is 15.0. The molecule has 0 saturated carbocycles. The van der Waals surface area contributed by atoms with E-state index in [4.69, 9.17) is 10.5 Å². The molecular formula is C20H21N5O. The molecule has 1 heterocycles. The van der Waals surface area contributed by atoms with Crippen molar-refractivity contribution in [2.24, 2.45) is 10.7 Å². The molecule has 1 aromatic heterocycles. The number of rotatable bonds is 4. The summed E-state index contributed by atoms with van der Waals surface area (Å²) in [6.45, 7) is 5.83. The van der Waals surface area contributed by atoms with Crippen LogP contribution < -0.4 is 15.8 Å². The first-order chi connectivity index (χ1) is 12.5. The molecule has 0 fully saturated rings. The SMILES string of the molecule is Cc1ccc(Oc2ccc(N/C(N)=N\c3nc(C)cc(C)n3)cc2)cc1. The number of ether oxygens (including phenoxy) is 1. The number of guanidine groups is 1. The maximum Gasteiger partial charge on any atom is 0.253 e. The lowest BCUT2D eigenvalue weighted by molar-refractivity contribution is 0.482. The third-order valence-electron chi connectivity index (χ3n) is 3.57. The van der Waals surface area contributed by atoms with Gasteiger partial charge in [0.2, 0.25) is 5.96 Å². The number of nitrogens with two attached hydrogens (primary N) is 1. The van der Waals surface area contributed by atoms with Gasteiger partial charge < -0.3 is 15.8 Å². The van der Waals surface area contributed by atoms with Crippen LogP contribution in [0.5, 0.6) is 11.5 Å². The average molecular weight is 347 g/mol. The van der Waals surface area contributed by atoms with Gasteiger partial charge >= 0.3 is 0 Å². The Morgan fingerprint density at radius 2 is 1.42 bits per heavy atom. The van der Waals surface area contributed by atoms with E-state index in [2.05, 4.69) is 20.3 Å². The van der Waals surface area contributed by atoms with Crippen LogP contribution in [0, 0.1) is 20.8 Å². The molecule has 0 atom stereocenters. The maximum atomic E-state index is 5.94. The highest BCUT2D eigenvalue weighted by Crippen LogP contribution is 2.23. The van der Waals surface area contributed by atoms with Crippen molar-refractivity contribution < 1.29 is 4.74 Å².